The van der Waals surface area contributed by atoms with Crippen molar-refractivity contribution in [3.8, 4) is 0 Å². The third kappa shape index (κ3) is 3.32. The Morgan fingerprint density at radius 2 is 0.911 bits per heavy atom. The molecule has 2 aliphatic heterocycles. The first kappa shape index (κ1) is 30.7. The molecule has 4 unspecified atom stereocenters. The number of anilines is 3. The van der Waals surface area contributed by atoms with Crippen molar-refractivity contribution in [3.05, 3.63) is 106 Å². The quantitative estimate of drug-likeness (QED) is 0.156. The van der Waals surface area contributed by atoms with Crippen molar-refractivity contribution < 1.29 is 0 Å². The van der Waals surface area contributed by atoms with Gasteiger partial charge >= 0.3 is 0 Å². The molecule has 0 saturated heterocycles. The molecule has 6 heterocycles. The van der Waals surface area contributed by atoms with E-state index in [1.807, 2.05) is 0 Å². The van der Waals surface area contributed by atoms with Crippen LogP contribution in [0.5, 0.6) is 0 Å². The Hall–Kier alpha value is -4.44. The van der Waals surface area contributed by atoms with Gasteiger partial charge in [0.1, 0.15) is 0 Å². The predicted molar refractivity (Wildman–Crippen MR) is 227 cm³/mol. The molecule has 8 aliphatic carbocycles. The van der Waals surface area contributed by atoms with Gasteiger partial charge in [0.05, 0.1) is 46.0 Å². The van der Waals surface area contributed by atoms with E-state index in [4.69, 9.17) is 9.97 Å². The lowest BCUT2D eigenvalue weighted by molar-refractivity contribution is 0.165. The summed E-state index contributed by atoms with van der Waals surface area (Å²) in [7, 11) is 0. The third-order valence-corrected chi connectivity index (χ3v) is 17.9. The molecule has 8 bridgehead atoms. The molecule has 4 saturated carbocycles. The van der Waals surface area contributed by atoms with Gasteiger partial charge in [0.15, 0.2) is 0 Å². The van der Waals surface area contributed by atoms with E-state index in [2.05, 4.69) is 97.9 Å². The molecule has 278 valence electrons. The Labute approximate surface area is 329 Å². The van der Waals surface area contributed by atoms with Crippen molar-refractivity contribution in [2.24, 2.45) is 23.7 Å². The lowest BCUT2D eigenvalue weighted by atomic mass is 9.64. The molecule has 3 aromatic carbocycles. The van der Waals surface area contributed by atoms with Crippen molar-refractivity contribution in [2.75, 3.05) is 4.90 Å². The average molecular weight is 731 g/mol. The molecule has 7 aromatic rings. The number of hydrogen-bond donors (Lipinski definition) is 0. The molecule has 4 aromatic heterocycles. The van der Waals surface area contributed by atoms with Crippen molar-refractivity contribution >= 4 is 55.2 Å². The van der Waals surface area contributed by atoms with E-state index in [0.717, 1.165) is 23.7 Å². The Kier molecular flexibility index (Phi) is 5.27. The number of benzene rings is 3. The van der Waals surface area contributed by atoms with Crippen LogP contribution in [0.4, 0.5) is 17.1 Å². The second-order valence-electron chi connectivity index (χ2n) is 21.4. The number of rotatable bonds is 0. The van der Waals surface area contributed by atoms with Crippen molar-refractivity contribution in [1.82, 2.24) is 14.4 Å². The lowest BCUT2D eigenvalue weighted by Crippen LogP contribution is -2.38. The van der Waals surface area contributed by atoms with Crippen LogP contribution >= 0.6 is 0 Å². The summed E-state index contributed by atoms with van der Waals surface area (Å²) in [6, 6.07) is 18.8. The minimum atomic E-state index is -0.211. The molecule has 4 heteroatoms. The maximum Gasteiger partial charge on any atom is 0.0728 e. The highest BCUT2D eigenvalue weighted by molar-refractivity contribution is 6.30. The van der Waals surface area contributed by atoms with Gasteiger partial charge in [-0.2, -0.15) is 0 Å². The molecule has 4 fully saturated rings. The number of hydrogen-bond acceptors (Lipinski definition) is 3. The van der Waals surface area contributed by atoms with Gasteiger partial charge in [-0.3, -0.25) is 9.97 Å². The maximum atomic E-state index is 5.64. The Morgan fingerprint density at radius 3 is 1.36 bits per heavy atom. The molecule has 0 N–H and O–H groups in total. The second-order valence-corrected chi connectivity index (χ2v) is 21.4. The lowest BCUT2D eigenvalue weighted by Gasteiger charge is -2.50. The summed E-state index contributed by atoms with van der Waals surface area (Å²) < 4.78 is 2.75. The highest BCUT2D eigenvalue weighted by Gasteiger charge is 2.52. The maximum absolute atomic E-state index is 5.64. The summed E-state index contributed by atoms with van der Waals surface area (Å²) in [5.41, 5.74) is 20.1. The summed E-state index contributed by atoms with van der Waals surface area (Å²) in [5, 5.41) is 6.18. The van der Waals surface area contributed by atoms with Gasteiger partial charge in [-0.25, -0.2) is 0 Å². The molecular formula is C52H50N4. The number of fused-ring (bicyclic) bond motifs is 12. The van der Waals surface area contributed by atoms with Crippen LogP contribution in [-0.4, -0.2) is 14.4 Å². The number of pyridine rings is 2. The van der Waals surface area contributed by atoms with E-state index in [1.54, 1.807) is 33.0 Å². The van der Waals surface area contributed by atoms with Gasteiger partial charge in [0, 0.05) is 55.6 Å². The van der Waals surface area contributed by atoms with E-state index in [-0.39, 0.29) is 10.8 Å². The zero-order valence-electron chi connectivity index (χ0n) is 33.3. The van der Waals surface area contributed by atoms with Crippen molar-refractivity contribution in [1.29, 1.82) is 0 Å². The van der Waals surface area contributed by atoms with Crippen molar-refractivity contribution in [2.45, 2.75) is 126 Å². The fraction of sp³-hybridized carbons (Fsp3) is 0.462. The molecule has 56 heavy (non-hydrogen) atoms. The summed E-state index contributed by atoms with van der Waals surface area (Å²) in [6.45, 7) is 10.2. The number of aromatic nitrogens is 3. The molecule has 17 rings (SSSR count). The van der Waals surface area contributed by atoms with E-state index >= 15 is 0 Å². The van der Waals surface area contributed by atoms with Gasteiger partial charge in [0.2, 0.25) is 0 Å². The minimum absolute atomic E-state index is 0.211. The Bertz CT molecular complexity index is 2740. The van der Waals surface area contributed by atoms with Crippen LogP contribution in [0.15, 0.2) is 60.9 Å². The predicted octanol–water partition coefficient (Wildman–Crippen LogP) is 13.2. The van der Waals surface area contributed by atoms with E-state index < -0.39 is 0 Å². The summed E-state index contributed by atoms with van der Waals surface area (Å²) in [6.07, 6.45) is 18.3. The topological polar surface area (TPSA) is 33.4 Å². The molecule has 10 aliphatic rings. The molecule has 0 spiro atoms. The van der Waals surface area contributed by atoms with Gasteiger partial charge in [-0.05, 0) is 145 Å². The van der Waals surface area contributed by atoms with E-state index in [9.17, 15) is 0 Å². The van der Waals surface area contributed by atoms with Crippen LogP contribution < -0.4 is 4.90 Å². The SMILES string of the molecule is CC1(C)c2ccccc2N2c3ccccc3C(C)(C)c3c2c1c1c2c4c(ncc2n2c5cnc6c(c5c3c12)C1CC2CC(CC6C2)C1)C1CC2CC(C1)CC4C2. The normalized spacial score (nSPS) is 31.8. The van der Waals surface area contributed by atoms with Crippen LogP contribution in [-0.2, 0) is 10.8 Å². The van der Waals surface area contributed by atoms with Crippen LogP contribution in [0.25, 0.3) is 38.1 Å². The monoisotopic (exact) mass is 730 g/mol. The number of nitrogens with zero attached hydrogens (tertiary/aromatic N) is 4. The van der Waals surface area contributed by atoms with Gasteiger partial charge in [0.25, 0.3) is 0 Å². The van der Waals surface area contributed by atoms with E-state index in [0.29, 0.717) is 23.7 Å². The Morgan fingerprint density at radius 1 is 0.500 bits per heavy atom. The first-order chi connectivity index (χ1) is 27.3. The molecular weight excluding hydrogens is 681 g/mol. The zero-order chi connectivity index (χ0) is 36.7. The smallest absolute Gasteiger partial charge is 0.0728 e. The Balaban J connectivity index is 1.22. The minimum Gasteiger partial charge on any atom is -0.309 e. The first-order valence-corrected chi connectivity index (χ1v) is 22.4. The standard InChI is InChI=1S/C52H50N4/c1-51(2)33-9-5-7-11-35(33)55-36-12-8-6-10-34(36)52(3,4)46-44-42-38(24-54-48-32-21-27-14-28(22-32)18-30(17-27)40(42)48)56-37-23-53-47-31-19-25-13-26(20-31)16-29(15-25)39(47)41(37)43(49(44)56)45(51)50(46)55/h5-12,23-32H,13-22H2,1-4H3. The van der Waals surface area contributed by atoms with Crippen LogP contribution in [0, 0.1) is 23.7 Å². The first-order valence-electron chi connectivity index (χ1n) is 22.4. The number of para-hydroxylation sites is 2. The van der Waals surface area contributed by atoms with Crippen LogP contribution in [0.1, 0.15) is 160 Å². The summed E-state index contributed by atoms with van der Waals surface area (Å²) >= 11 is 0. The fourth-order valence-electron chi connectivity index (χ4n) is 16.3. The molecule has 4 atom stereocenters. The fourth-order valence-corrected chi connectivity index (χ4v) is 16.3. The largest absolute Gasteiger partial charge is 0.309 e. The molecule has 4 nitrogen and oxygen atoms in total. The van der Waals surface area contributed by atoms with Crippen LogP contribution in [0.2, 0.25) is 0 Å². The van der Waals surface area contributed by atoms with Crippen LogP contribution in [0.3, 0.4) is 0 Å². The zero-order valence-corrected chi connectivity index (χ0v) is 33.3. The highest BCUT2D eigenvalue weighted by Crippen LogP contribution is 2.67. The second kappa shape index (κ2) is 9.63. The molecule has 0 amide bonds. The third-order valence-electron chi connectivity index (χ3n) is 17.9. The summed E-state index contributed by atoms with van der Waals surface area (Å²) in [5.74, 6) is 5.83. The van der Waals surface area contributed by atoms with Gasteiger partial charge in [-0.1, -0.05) is 64.1 Å². The van der Waals surface area contributed by atoms with E-state index in [1.165, 1.54) is 131 Å². The van der Waals surface area contributed by atoms with Gasteiger partial charge < -0.3 is 9.30 Å². The van der Waals surface area contributed by atoms with Crippen molar-refractivity contribution in [3.63, 3.8) is 0 Å². The highest BCUT2D eigenvalue weighted by atomic mass is 15.2. The summed E-state index contributed by atoms with van der Waals surface area (Å²) in [4.78, 5) is 14.0. The van der Waals surface area contributed by atoms with Gasteiger partial charge in [-0.15, -0.1) is 0 Å². The molecule has 0 radical (unpaired) electrons. The average Bonchev–Trinajstić information content (AvgIpc) is 3.57.